The van der Waals surface area contributed by atoms with Gasteiger partial charge in [-0.1, -0.05) is 66.2 Å². The van der Waals surface area contributed by atoms with Crippen LogP contribution in [0.2, 0.25) is 5.02 Å². The second-order valence-corrected chi connectivity index (χ2v) is 6.25. The number of allylic oxidation sites excluding steroid dienone is 2. The summed E-state index contributed by atoms with van der Waals surface area (Å²) in [6.45, 7) is 8.25. The Morgan fingerprint density at radius 2 is 1.42 bits per heavy atom. The van der Waals surface area contributed by atoms with E-state index in [9.17, 15) is 0 Å². The highest BCUT2D eigenvalue weighted by atomic mass is 35.5. The number of hydrogen-bond acceptors (Lipinski definition) is 2. The van der Waals surface area contributed by atoms with E-state index in [-0.39, 0.29) is 0 Å². The molecule has 2 aromatic carbocycles. The zero-order chi connectivity index (χ0) is 17.2. The van der Waals surface area contributed by atoms with E-state index in [0.29, 0.717) is 6.04 Å². The van der Waals surface area contributed by atoms with Crippen molar-refractivity contribution in [2.24, 2.45) is 0 Å². The quantitative estimate of drug-likeness (QED) is 0.797. The van der Waals surface area contributed by atoms with Crippen LogP contribution >= 0.6 is 11.6 Å². The third-order valence-electron chi connectivity index (χ3n) is 4.15. The lowest BCUT2D eigenvalue weighted by atomic mass is 9.96. The van der Waals surface area contributed by atoms with Crippen molar-refractivity contribution in [1.82, 2.24) is 10.2 Å². The van der Waals surface area contributed by atoms with Gasteiger partial charge >= 0.3 is 0 Å². The Kier molecular flexibility index (Phi) is 8.03. The van der Waals surface area contributed by atoms with Crippen molar-refractivity contribution < 1.29 is 0 Å². The molecule has 0 aliphatic carbocycles. The van der Waals surface area contributed by atoms with Gasteiger partial charge in [0, 0.05) is 31.2 Å². The molecule has 1 N–H and O–H groups in total. The third-order valence-corrected chi connectivity index (χ3v) is 4.40. The molecule has 0 amide bonds. The third kappa shape index (κ3) is 5.48. The molecule has 0 bridgehead atoms. The molecule has 1 saturated heterocycles. The maximum absolute atomic E-state index is 6.02. The number of rotatable bonds is 3. The van der Waals surface area contributed by atoms with Gasteiger partial charge in [-0.05, 0) is 37.1 Å². The summed E-state index contributed by atoms with van der Waals surface area (Å²) in [7, 11) is 0. The Balaban J connectivity index is 0.000000471. The van der Waals surface area contributed by atoms with E-state index in [4.69, 9.17) is 11.6 Å². The van der Waals surface area contributed by atoms with Crippen LogP contribution in [0, 0.1) is 0 Å². The summed E-state index contributed by atoms with van der Waals surface area (Å²) in [6.07, 6.45) is 4.00. The van der Waals surface area contributed by atoms with Crippen LogP contribution in [0.5, 0.6) is 0 Å². The molecule has 0 aromatic heterocycles. The van der Waals surface area contributed by atoms with Crippen molar-refractivity contribution in [1.29, 1.82) is 0 Å². The molecular weight excluding hydrogens is 316 g/mol. The maximum atomic E-state index is 6.02. The molecule has 1 fully saturated rings. The molecule has 1 heterocycles. The smallest absolute Gasteiger partial charge is 0.0602 e. The standard InChI is InChI=1S/C17H19ClN2.C4H8/c18-16-8-6-15(7-9-16)17(14-4-2-1-3-5-14)20-12-10-19-11-13-20;1-3-4-2/h1-9,17,19H,10-13H2;3-4H,1-2H3. The van der Waals surface area contributed by atoms with E-state index >= 15 is 0 Å². The molecule has 3 rings (SSSR count). The number of hydrogen-bond donors (Lipinski definition) is 1. The predicted molar refractivity (Wildman–Crippen MR) is 105 cm³/mol. The molecule has 1 aliphatic rings. The molecule has 0 saturated carbocycles. The van der Waals surface area contributed by atoms with Gasteiger partial charge in [-0.25, -0.2) is 0 Å². The van der Waals surface area contributed by atoms with E-state index in [0.717, 1.165) is 31.2 Å². The summed E-state index contributed by atoms with van der Waals surface area (Å²) < 4.78 is 0. The van der Waals surface area contributed by atoms with Crippen LogP contribution in [0.25, 0.3) is 0 Å². The predicted octanol–water partition coefficient (Wildman–Crippen LogP) is 4.92. The average molecular weight is 343 g/mol. The van der Waals surface area contributed by atoms with Crippen molar-refractivity contribution in [3.8, 4) is 0 Å². The van der Waals surface area contributed by atoms with Gasteiger partial charge in [0.15, 0.2) is 0 Å². The fraction of sp³-hybridized carbons (Fsp3) is 0.333. The summed E-state index contributed by atoms with van der Waals surface area (Å²) in [4.78, 5) is 2.54. The van der Waals surface area contributed by atoms with E-state index in [1.54, 1.807) is 0 Å². The van der Waals surface area contributed by atoms with Gasteiger partial charge in [0.25, 0.3) is 0 Å². The molecule has 0 radical (unpaired) electrons. The lowest BCUT2D eigenvalue weighted by molar-refractivity contribution is 0.198. The Bertz CT molecular complexity index is 597. The van der Waals surface area contributed by atoms with Crippen LogP contribution < -0.4 is 5.32 Å². The average Bonchev–Trinajstić information content (AvgIpc) is 2.65. The van der Waals surface area contributed by atoms with Gasteiger partial charge in [0.2, 0.25) is 0 Å². The second kappa shape index (κ2) is 10.3. The first kappa shape index (κ1) is 18.7. The Labute approximate surface area is 151 Å². The zero-order valence-corrected chi connectivity index (χ0v) is 15.3. The van der Waals surface area contributed by atoms with Gasteiger partial charge in [0.05, 0.1) is 6.04 Å². The molecule has 2 nitrogen and oxygen atoms in total. The number of halogens is 1. The van der Waals surface area contributed by atoms with Crippen LogP contribution in [0.4, 0.5) is 0 Å². The van der Waals surface area contributed by atoms with E-state index in [1.165, 1.54) is 11.1 Å². The first-order chi connectivity index (χ1) is 11.8. The minimum Gasteiger partial charge on any atom is -0.314 e. The topological polar surface area (TPSA) is 15.3 Å². The summed E-state index contributed by atoms with van der Waals surface area (Å²) in [5.74, 6) is 0. The van der Waals surface area contributed by atoms with Gasteiger partial charge in [0.1, 0.15) is 0 Å². The van der Waals surface area contributed by atoms with Crippen LogP contribution in [-0.2, 0) is 0 Å². The molecule has 2 aromatic rings. The summed E-state index contributed by atoms with van der Waals surface area (Å²) in [5.41, 5.74) is 2.65. The fourth-order valence-corrected chi connectivity index (χ4v) is 2.96. The highest BCUT2D eigenvalue weighted by Gasteiger charge is 2.23. The SMILES string of the molecule is CC=CC.Clc1ccc(C(c2ccccc2)N2CCNCC2)cc1. The Hall–Kier alpha value is -1.61. The lowest BCUT2D eigenvalue weighted by Crippen LogP contribution is -2.45. The van der Waals surface area contributed by atoms with Crippen LogP contribution in [0.1, 0.15) is 31.0 Å². The van der Waals surface area contributed by atoms with Crippen LogP contribution in [0.15, 0.2) is 66.7 Å². The van der Waals surface area contributed by atoms with Crippen LogP contribution in [-0.4, -0.2) is 31.1 Å². The second-order valence-electron chi connectivity index (χ2n) is 5.82. The normalized spacial score (nSPS) is 16.5. The number of nitrogens with one attached hydrogen (secondary N) is 1. The van der Waals surface area contributed by atoms with E-state index in [1.807, 2.05) is 38.1 Å². The minimum atomic E-state index is 0.315. The first-order valence-electron chi connectivity index (χ1n) is 8.58. The fourth-order valence-electron chi connectivity index (χ4n) is 2.83. The van der Waals surface area contributed by atoms with Crippen molar-refractivity contribution >= 4 is 11.6 Å². The Morgan fingerprint density at radius 1 is 0.875 bits per heavy atom. The number of nitrogens with zero attached hydrogens (tertiary/aromatic N) is 1. The Morgan fingerprint density at radius 3 is 1.96 bits per heavy atom. The molecule has 128 valence electrons. The largest absolute Gasteiger partial charge is 0.314 e. The lowest BCUT2D eigenvalue weighted by Gasteiger charge is -2.35. The monoisotopic (exact) mass is 342 g/mol. The molecule has 24 heavy (non-hydrogen) atoms. The van der Waals surface area contributed by atoms with Crippen LogP contribution in [0.3, 0.4) is 0 Å². The van der Waals surface area contributed by atoms with Gasteiger partial charge < -0.3 is 5.32 Å². The van der Waals surface area contributed by atoms with Gasteiger partial charge in [-0.2, -0.15) is 0 Å². The molecule has 1 atom stereocenters. The van der Waals surface area contributed by atoms with Gasteiger partial charge in [-0.15, -0.1) is 0 Å². The molecule has 1 unspecified atom stereocenters. The number of benzene rings is 2. The minimum absolute atomic E-state index is 0.315. The first-order valence-corrected chi connectivity index (χ1v) is 8.96. The molecule has 1 aliphatic heterocycles. The maximum Gasteiger partial charge on any atom is 0.0602 e. The summed E-state index contributed by atoms with van der Waals surface area (Å²) in [5, 5.41) is 4.21. The number of piperazine rings is 1. The van der Waals surface area contributed by atoms with Crippen molar-refractivity contribution in [2.75, 3.05) is 26.2 Å². The zero-order valence-electron chi connectivity index (χ0n) is 14.6. The molecule has 3 heteroatoms. The van der Waals surface area contributed by atoms with Crippen molar-refractivity contribution in [2.45, 2.75) is 19.9 Å². The van der Waals surface area contributed by atoms with Gasteiger partial charge in [-0.3, -0.25) is 4.90 Å². The van der Waals surface area contributed by atoms with E-state index in [2.05, 4.69) is 52.7 Å². The molecule has 0 spiro atoms. The highest BCUT2D eigenvalue weighted by Crippen LogP contribution is 2.29. The molecular formula is C21H27ClN2. The highest BCUT2D eigenvalue weighted by molar-refractivity contribution is 6.30. The summed E-state index contributed by atoms with van der Waals surface area (Å²) >= 11 is 6.02. The van der Waals surface area contributed by atoms with E-state index < -0.39 is 0 Å². The summed E-state index contributed by atoms with van der Waals surface area (Å²) in [6, 6.07) is 19.3. The van der Waals surface area contributed by atoms with Crippen molar-refractivity contribution in [3.63, 3.8) is 0 Å². The van der Waals surface area contributed by atoms with Crippen molar-refractivity contribution in [3.05, 3.63) is 82.9 Å².